The molecule has 0 spiro atoms. The first-order valence-electron chi connectivity index (χ1n) is 5.34. The largest absolute Gasteiger partial charge is 0.417 e. The molecule has 0 radical (unpaired) electrons. The van der Waals surface area contributed by atoms with Crippen LogP contribution in [0.1, 0.15) is 5.56 Å². The Morgan fingerprint density at radius 3 is 1.71 bits per heavy atom. The predicted molar refractivity (Wildman–Crippen MR) is 61.7 cm³/mol. The summed E-state index contributed by atoms with van der Waals surface area (Å²) in [6.07, 6.45) is -4.96. The van der Waals surface area contributed by atoms with Gasteiger partial charge in [0.15, 0.2) is 23.3 Å². The van der Waals surface area contributed by atoms with E-state index in [9.17, 15) is 30.7 Å². The van der Waals surface area contributed by atoms with Gasteiger partial charge in [0.1, 0.15) is 5.02 Å². The van der Waals surface area contributed by atoms with Crippen LogP contribution >= 0.6 is 11.6 Å². The minimum atomic E-state index is -4.96. The van der Waals surface area contributed by atoms with Crippen LogP contribution in [-0.4, -0.2) is 0 Å². The summed E-state index contributed by atoms with van der Waals surface area (Å²) in [5.41, 5.74) is -3.90. The van der Waals surface area contributed by atoms with Crippen LogP contribution in [0.4, 0.5) is 30.7 Å². The zero-order valence-electron chi connectivity index (χ0n) is 9.83. The Labute approximate surface area is 118 Å². The minimum absolute atomic E-state index is 0.540. The molecule has 0 fully saturated rings. The van der Waals surface area contributed by atoms with Crippen molar-refractivity contribution in [2.45, 2.75) is 6.18 Å². The number of hydrogen-bond acceptors (Lipinski definition) is 0. The summed E-state index contributed by atoms with van der Waals surface area (Å²) < 4.78 is 92.6. The van der Waals surface area contributed by atoms with E-state index in [4.69, 9.17) is 11.6 Å². The van der Waals surface area contributed by atoms with Crippen molar-refractivity contribution in [3.05, 3.63) is 58.1 Å². The van der Waals surface area contributed by atoms with Crippen LogP contribution in [0.25, 0.3) is 11.1 Å². The van der Waals surface area contributed by atoms with E-state index in [1.54, 1.807) is 0 Å². The number of rotatable bonds is 1. The van der Waals surface area contributed by atoms with Crippen LogP contribution in [0.5, 0.6) is 0 Å². The maximum atomic E-state index is 13.7. The summed E-state index contributed by atoms with van der Waals surface area (Å²) in [5.74, 6) is -7.89. The van der Waals surface area contributed by atoms with E-state index in [1.165, 1.54) is 0 Å². The van der Waals surface area contributed by atoms with E-state index < -0.39 is 51.2 Å². The van der Waals surface area contributed by atoms with Crippen molar-refractivity contribution in [2.75, 3.05) is 0 Å². The number of halogens is 8. The molecule has 0 bridgehead atoms. The quantitative estimate of drug-likeness (QED) is 0.364. The zero-order valence-corrected chi connectivity index (χ0v) is 10.6. The first kappa shape index (κ1) is 15.6. The Kier molecular flexibility index (Phi) is 3.88. The van der Waals surface area contributed by atoms with Gasteiger partial charge >= 0.3 is 6.18 Å². The fourth-order valence-electron chi connectivity index (χ4n) is 1.79. The molecule has 0 unspecified atom stereocenters. The molecule has 0 aliphatic rings. The van der Waals surface area contributed by atoms with Gasteiger partial charge in [-0.3, -0.25) is 0 Å². The Hall–Kier alpha value is -1.76. The fourth-order valence-corrected chi connectivity index (χ4v) is 1.96. The van der Waals surface area contributed by atoms with Crippen molar-refractivity contribution in [2.24, 2.45) is 0 Å². The second kappa shape index (κ2) is 5.22. The molecular weight excluding hydrogens is 325 g/mol. The highest BCUT2D eigenvalue weighted by atomic mass is 35.5. The number of alkyl halides is 3. The molecule has 0 amide bonds. The lowest BCUT2D eigenvalue weighted by molar-refractivity contribution is -0.137. The molecule has 2 aromatic rings. The topological polar surface area (TPSA) is 0 Å². The molecule has 0 aliphatic heterocycles. The Morgan fingerprint density at radius 1 is 0.762 bits per heavy atom. The number of benzene rings is 2. The van der Waals surface area contributed by atoms with Crippen LogP contribution in [0.3, 0.4) is 0 Å². The van der Waals surface area contributed by atoms with Gasteiger partial charge in [-0.2, -0.15) is 13.2 Å². The maximum Gasteiger partial charge on any atom is 0.417 e. The molecule has 0 atom stereocenters. The van der Waals surface area contributed by atoms with Gasteiger partial charge in [0.05, 0.1) is 11.1 Å². The van der Waals surface area contributed by atoms with Gasteiger partial charge in [0.25, 0.3) is 0 Å². The summed E-state index contributed by atoms with van der Waals surface area (Å²) in [6, 6.07) is 3.27. The fraction of sp³-hybridized carbons (Fsp3) is 0.0769. The van der Waals surface area contributed by atoms with E-state index in [0.717, 1.165) is 12.1 Å². The van der Waals surface area contributed by atoms with E-state index in [0.29, 0.717) is 12.1 Å². The molecule has 8 heteroatoms. The van der Waals surface area contributed by atoms with Gasteiger partial charge in [-0.15, -0.1) is 0 Å². The lowest BCUT2D eigenvalue weighted by atomic mass is 9.98. The lowest BCUT2D eigenvalue weighted by Crippen LogP contribution is -2.09. The Morgan fingerprint density at radius 2 is 1.24 bits per heavy atom. The minimum Gasteiger partial charge on any atom is -0.203 e. The van der Waals surface area contributed by atoms with Crippen LogP contribution < -0.4 is 0 Å². The first-order valence-corrected chi connectivity index (χ1v) is 5.72. The highest BCUT2D eigenvalue weighted by Crippen LogP contribution is 2.41. The van der Waals surface area contributed by atoms with Crippen LogP contribution in [0.2, 0.25) is 5.02 Å². The average molecular weight is 329 g/mol. The zero-order chi connectivity index (χ0) is 15.9. The van der Waals surface area contributed by atoms with Crippen molar-refractivity contribution in [1.82, 2.24) is 0 Å². The molecule has 0 saturated carbocycles. The molecule has 0 N–H and O–H groups in total. The molecule has 2 aromatic carbocycles. The smallest absolute Gasteiger partial charge is 0.203 e. The molecule has 21 heavy (non-hydrogen) atoms. The Bertz CT molecular complexity index is 677. The van der Waals surface area contributed by atoms with Crippen LogP contribution in [0, 0.1) is 23.3 Å². The van der Waals surface area contributed by atoms with Crippen molar-refractivity contribution in [3.8, 4) is 11.1 Å². The van der Waals surface area contributed by atoms with Crippen LogP contribution in [0.15, 0.2) is 24.3 Å². The molecular formula is C13H4ClF7. The lowest BCUT2D eigenvalue weighted by Gasteiger charge is -2.15. The Balaban J connectivity index is 2.87. The van der Waals surface area contributed by atoms with Gasteiger partial charge in [-0.1, -0.05) is 29.8 Å². The standard InChI is InChI=1S/C13H4ClF7/c14-8-11(17)9(15)7(10(16)12(8)18)5-3-1-2-4-6(5)13(19,20)21/h1-4H. The second-order valence-electron chi connectivity index (χ2n) is 3.99. The van der Waals surface area contributed by atoms with Gasteiger partial charge < -0.3 is 0 Å². The molecule has 112 valence electrons. The van der Waals surface area contributed by atoms with Gasteiger partial charge in [-0.05, 0) is 11.6 Å². The summed E-state index contributed by atoms with van der Waals surface area (Å²) in [5, 5.41) is -1.46. The molecule has 0 aliphatic carbocycles. The SMILES string of the molecule is Fc1c(F)c(-c2ccccc2C(F)(F)F)c(F)c(F)c1Cl. The van der Waals surface area contributed by atoms with E-state index in [-0.39, 0.29) is 0 Å². The number of hydrogen-bond donors (Lipinski definition) is 0. The highest BCUT2D eigenvalue weighted by Gasteiger charge is 2.36. The summed E-state index contributed by atoms with van der Waals surface area (Å²) >= 11 is 5.03. The van der Waals surface area contributed by atoms with Crippen molar-refractivity contribution in [1.29, 1.82) is 0 Å². The summed E-state index contributed by atoms with van der Waals surface area (Å²) in [7, 11) is 0. The molecule has 0 nitrogen and oxygen atoms in total. The van der Waals surface area contributed by atoms with E-state index in [2.05, 4.69) is 0 Å². The third-order valence-electron chi connectivity index (χ3n) is 2.71. The van der Waals surface area contributed by atoms with E-state index >= 15 is 0 Å². The van der Waals surface area contributed by atoms with Crippen LogP contribution in [-0.2, 0) is 6.18 Å². The third-order valence-corrected chi connectivity index (χ3v) is 3.04. The van der Waals surface area contributed by atoms with Crippen molar-refractivity contribution in [3.63, 3.8) is 0 Å². The maximum absolute atomic E-state index is 13.7. The predicted octanol–water partition coefficient (Wildman–Crippen LogP) is 5.58. The molecule has 0 heterocycles. The molecule has 0 saturated heterocycles. The van der Waals surface area contributed by atoms with E-state index in [1.807, 2.05) is 0 Å². The van der Waals surface area contributed by atoms with Gasteiger partial charge in [-0.25, -0.2) is 17.6 Å². The van der Waals surface area contributed by atoms with Gasteiger partial charge in [0.2, 0.25) is 0 Å². The van der Waals surface area contributed by atoms with Crippen molar-refractivity contribution >= 4 is 11.6 Å². The second-order valence-corrected chi connectivity index (χ2v) is 4.37. The normalized spacial score (nSPS) is 11.8. The summed E-state index contributed by atoms with van der Waals surface area (Å²) in [6.45, 7) is 0. The molecule has 2 rings (SSSR count). The summed E-state index contributed by atoms with van der Waals surface area (Å²) in [4.78, 5) is 0. The third kappa shape index (κ3) is 2.57. The first-order chi connectivity index (χ1) is 9.66. The monoisotopic (exact) mass is 328 g/mol. The van der Waals surface area contributed by atoms with Gasteiger partial charge in [0, 0.05) is 0 Å². The average Bonchev–Trinajstić information content (AvgIpc) is 2.43. The van der Waals surface area contributed by atoms with Crippen molar-refractivity contribution < 1.29 is 30.7 Å². The molecule has 0 aromatic heterocycles. The highest BCUT2D eigenvalue weighted by molar-refractivity contribution is 6.31.